The molecule has 0 aliphatic carbocycles. The van der Waals surface area contributed by atoms with Gasteiger partial charge < -0.3 is 10.3 Å². The predicted molar refractivity (Wildman–Crippen MR) is 52.3 cm³/mol. The molecule has 1 aromatic carbocycles. The van der Waals surface area contributed by atoms with Crippen LogP contribution in [0.3, 0.4) is 0 Å². The van der Waals surface area contributed by atoms with Crippen LogP contribution in [0.1, 0.15) is 5.56 Å². The molecule has 0 heterocycles. The molecule has 0 fully saturated rings. The maximum Gasteiger partial charge on any atom is 0.357 e. The average Bonchev–Trinajstić information content (AvgIpc) is 2.20. The van der Waals surface area contributed by atoms with Gasteiger partial charge in [0.05, 0.1) is 0 Å². The quantitative estimate of drug-likeness (QED) is 0.433. The van der Waals surface area contributed by atoms with Gasteiger partial charge in [-0.25, -0.2) is 4.79 Å². The first kappa shape index (κ1) is 9.98. The molecule has 1 rings (SSSR count). The van der Waals surface area contributed by atoms with E-state index < -0.39 is 11.7 Å². The summed E-state index contributed by atoms with van der Waals surface area (Å²) >= 11 is 0. The highest BCUT2D eigenvalue weighted by Gasteiger charge is 2.04. The summed E-state index contributed by atoms with van der Waals surface area (Å²) in [4.78, 5) is 10.4. The van der Waals surface area contributed by atoms with E-state index in [2.05, 4.69) is 5.16 Å². The van der Waals surface area contributed by atoms with Crippen molar-refractivity contribution in [2.75, 3.05) is 0 Å². The van der Waals surface area contributed by atoms with Crippen LogP contribution in [0.2, 0.25) is 0 Å². The van der Waals surface area contributed by atoms with Gasteiger partial charge in [0.15, 0.2) is 5.71 Å². The first-order valence-electron chi connectivity index (χ1n) is 3.92. The average molecular weight is 191 g/mol. The van der Waals surface area contributed by atoms with Crippen LogP contribution < -0.4 is 0 Å². The number of benzene rings is 1. The Morgan fingerprint density at radius 2 is 1.93 bits per heavy atom. The van der Waals surface area contributed by atoms with Gasteiger partial charge in [0, 0.05) is 0 Å². The summed E-state index contributed by atoms with van der Waals surface area (Å²) in [6, 6.07) is 9.14. The lowest BCUT2D eigenvalue weighted by Crippen LogP contribution is -2.09. The Morgan fingerprint density at radius 3 is 2.43 bits per heavy atom. The molecule has 1 aromatic rings. The van der Waals surface area contributed by atoms with Gasteiger partial charge in [-0.3, -0.25) is 0 Å². The number of carbonyl (C=O) groups is 1. The molecule has 72 valence electrons. The number of oxime groups is 1. The summed E-state index contributed by atoms with van der Waals surface area (Å²) in [6.07, 6.45) is 2.79. The number of carboxylic acid groups (broad SMARTS) is 1. The first-order chi connectivity index (χ1) is 6.74. The second-order valence-electron chi connectivity index (χ2n) is 2.53. The van der Waals surface area contributed by atoms with Crippen molar-refractivity contribution < 1.29 is 15.1 Å². The van der Waals surface area contributed by atoms with Crippen molar-refractivity contribution in [1.82, 2.24) is 0 Å². The Bertz CT molecular complexity index is 368. The van der Waals surface area contributed by atoms with Crippen LogP contribution in [-0.2, 0) is 4.79 Å². The molecule has 14 heavy (non-hydrogen) atoms. The summed E-state index contributed by atoms with van der Waals surface area (Å²) < 4.78 is 0. The van der Waals surface area contributed by atoms with Gasteiger partial charge in [0.1, 0.15) is 0 Å². The van der Waals surface area contributed by atoms with Crippen molar-refractivity contribution in [3.05, 3.63) is 42.0 Å². The van der Waals surface area contributed by atoms with Crippen molar-refractivity contribution in [1.29, 1.82) is 0 Å². The number of carboxylic acids is 1. The Labute approximate surface area is 80.8 Å². The Morgan fingerprint density at radius 1 is 1.29 bits per heavy atom. The van der Waals surface area contributed by atoms with Crippen molar-refractivity contribution in [3.63, 3.8) is 0 Å². The molecule has 0 saturated heterocycles. The van der Waals surface area contributed by atoms with Crippen LogP contribution in [0.4, 0.5) is 0 Å². The minimum Gasteiger partial charge on any atom is -0.476 e. The molecule has 0 aliphatic heterocycles. The molecular weight excluding hydrogens is 182 g/mol. The molecular formula is C10H9NO3. The molecule has 2 N–H and O–H groups in total. The van der Waals surface area contributed by atoms with Crippen LogP contribution in [0.15, 0.2) is 41.6 Å². The topological polar surface area (TPSA) is 69.9 Å². The van der Waals surface area contributed by atoms with Crippen LogP contribution >= 0.6 is 0 Å². The zero-order chi connectivity index (χ0) is 10.4. The van der Waals surface area contributed by atoms with E-state index in [4.69, 9.17) is 10.3 Å². The fourth-order valence-electron chi connectivity index (χ4n) is 0.887. The molecule has 0 spiro atoms. The third kappa shape index (κ3) is 2.75. The fourth-order valence-corrected chi connectivity index (χ4v) is 0.887. The molecule has 0 radical (unpaired) electrons. The Kier molecular flexibility index (Phi) is 3.43. The molecule has 0 unspecified atom stereocenters. The summed E-state index contributed by atoms with van der Waals surface area (Å²) in [5.74, 6) is -1.26. The van der Waals surface area contributed by atoms with Crippen LogP contribution in [0.5, 0.6) is 0 Å². The SMILES string of the molecule is O=C(O)C(C=Cc1ccccc1)=NO. The molecule has 0 bridgehead atoms. The van der Waals surface area contributed by atoms with Gasteiger partial charge in [-0.05, 0) is 11.6 Å². The number of hydrogen-bond donors (Lipinski definition) is 2. The van der Waals surface area contributed by atoms with E-state index in [1.165, 1.54) is 6.08 Å². The van der Waals surface area contributed by atoms with E-state index in [-0.39, 0.29) is 0 Å². The number of aliphatic carboxylic acids is 1. The van der Waals surface area contributed by atoms with Gasteiger partial charge in [-0.1, -0.05) is 41.6 Å². The molecule has 4 heteroatoms. The lowest BCUT2D eigenvalue weighted by molar-refractivity contribution is -0.129. The fraction of sp³-hybridized carbons (Fsp3) is 0. The van der Waals surface area contributed by atoms with Gasteiger partial charge >= 0.3 is 5.97 Å². The normalized spacial score (nSPS) is 11.9. The second kappa shape index (κ2) is 4.81. The highest BCUT2D eigenvalue weighted by atomic mass is 16.4. The van der Waals surface area contributed by atoms with Crippen LogP contribution in [-0.4, -0.2) is 22.0 Å². The van der Waals surface area contributed by atoms with E-state index in [9.17, 15) is 4.79 Å². The van der Waals surface area contributed by atoms with E-state index >= 15 is 0 Å². The molecule has 4 nitrogen and oxygen atoms in total. The van der Waals surface area contributed by atoms with E-state index in [0.717, 1.165) is 5.56 Å². The first-order valence-corrected chi connectivity index (χ1v) is 3.92. The van der Waals surface area contributed by atoms with Gasteiger partial charge in [0.2, 0.25) is 0 Å². The number of nitrogens with zero attached hydrogens (tertiary/aromatic N) is 1. The number of hydrogen-bond acceptors (Lipinski definition) is 3. The lowest BCUT2D eigenvalue weighted by atomic mass is 10.2. The summed E-state index contributed by atoms with van der Waals surface area (Å²) in [5.41, 5.74) is 0.448. The van der Waals surface area contributed by atoms with Crippen molar-refractivity contribution in [3.8, 4) is 0 Å². The summed E-state index contributed by atoms with van der Waals surface area (Å²) in [6.45, 7) is 0. The predicted octanol–water partition coefficient (Wildman–Crippen LogP) is 1.61. The molecule has 0 aromatic heterocycles. The van der Waals surface area contributed by atoms with Gasteiger partial charge in [-0.15, -0.1) is 0 Å². The molecule has 0 atom stereocenters. The third-order valence-electron chi connectivity index (χ3n) is 1.56. The largest absolute Gasteiger partial charge is 0.476 e. The smallest absolute Gasteiger partial charge is 0.357 e. The Hall–Kier alpha value is -2.10. The molecule has 0 aliphatic rings. The Balaban J connectivity index is 2.78. The van der Waals surface area contributed by atoms with E-state index in [0.29, 0.717) is 0 Å². The van der Waals surface area contributed by atoms with Crippen molar-refractivity contribution >= 4 is 17.8 Å². The van der Waals surface area contributed by atoms with Gasteiger partial charge in [-0.2, -0.15) is 0 Å². The summed E-state index contributed by atoms with van der Waals surface area (Å²) in [7, 11) is 0. The minimum absolute atomic E-state index is 0.395. The standard InChI is InChI=1S/C10H9NO3/c12-10(13)9(11-14)7-6-8-4-2-1-3-5-8/h1-7,14H,(H,12,13). The van der Waals surface area contributed by atoms with Crippen LogP contribution in [0.25, 0.3) is 6.08 Å². The lowest BCUT2D eigenvalue weighted by Gasteiger charge is -1.91. The monoisotopic (exact) mass is 191 g/mol. The van der Waals surface area contributed by atoms with E-state index in [1.807, 2.05) is 30.3 Å². The highest BCUT2D eigenvalue weighted by molar-refractivity contribution is 6.40. The molecule has 0 saturated carbocycles. The van der Waals surface area contributed by atoms with Gasteiger partial charge in [0.25, 0.3) is 0 Å². The maximum atomic E-state index is 10.4. The van der Waals surface area contributed by atoms with Crippen molar-refractivity contribution in [2.45, 2.75) is 0 Å². The maximum absolute atomic E-state index is 10.4. The zero-order valence-electron chi connectivity index (χ0n) is 7.29. The summed E-state index contributed by atoms with van der Waals surface area (Å²) in [5, 5.41) is 19.5. The minimum atomic E-state index is -1.26. The zero-order valence-corrected chi connectivity index (χ0v) is 7.29. The highest BCUT2D eigenvalue weighted by Crippen LogP contribution is 2.01. The number of rotatable bonds is 3. The third-order valence-corrected chi connectivity index (χ3v) is 1.56. The van der Waals surface area contributed by atoms with E-state index in [1.54, 1.807) is 6.08 Å². The molecule has 0 amide bonds. The second-order valence-corrected chi connectivity index (χ2v) is 2.53. The van der Waals surface area contributed by atoms with Crippen LogP contribution in [0, 0.1) is 0 Å². The van der Waals surface area contributed by atoms with Crippen molar-refractivity contribution in [2.24, 2.45) is 5.16 Å².